The van der Waals surface area contributed by atoms with Crippen LogP contribution in [0, 0.1) is 5.92 Å². The van der Waals surface area contributed by atoms with E-state index in [1.54, 1.807) is 0 Å². The maximum atomic E-state index is 12.1. The van der Waals surface area contributed by atoms with Gasteiger partial charge in [-0.15, -0.1) is 0 Å². The SMILES string of the molecule is CN1CCC(N2CCCC(C3CCCN3)C2)C1=O. The van der Waals surface area contributed by atoms with E-state index in [1.165, 1.54) is 32.2 Å². The van der Waals surface area contributed by atoms with Crippen molar-refractivity contribution in [3.05, 3.63) is 0 Å². The quantitative estimate of drug-likeness (QED) is 0.784. The van der Waals surface area contributed by atoms with E-state index in [0.717, 1.165) is 32.0 Å². The number of likely N-dealkylation sites (tertiary alicyclic amines) is 2. The molecule has 1 amide bonds. The molecular weight excluding hydrogens is 226 g/mol. The number of likely N-dealkylation sites (N-methyl/N-ethyl adjacent to an activating group) is 1. The summed E-state index contributed by atoms with van der Waals surface area (Å²) in [6.45, 7) is 4.37. The average molecular weight is 251 g/mol. The Labute approximate surface area is 110 Å². The first-order valence-corrected chi connectivity index (χ1v) is 7.48. The number of carbonyl (C=O) groups is 1. The summed E-state index contributed by atoms with van der Waals surface area (Å²) < 4.78 is 0. The van der Waals surface area contributed by atoms with Crippen LogP contribution in [-0.4, -0.2) is 61.0 Å². The van der Waals surface area contributed by atoms with E-state index in [-0.39, 0.29) is 6.04 Å². The van der Waals surface area contributed by atoms with Crippen molar-refractivity contribution in [1.29, 1.82) is 0 Å². The molecule has 4 heteroatoms. The van der Waals surface area contributed by atoms with E-state index in [4.69, 9.17) is 0 Å². The number of hydrogen-bond acceptors (Lipinski definition) is 3. The van der Waals surface area contributed by atoms with Crippen molar-refractivity contribution >= 4 is 5.91 Å². The van der Waals surface area contributed by atoms with E-state index in [0.29, 0.717) is 11.9 Å². The van der Waals surface area contributed by atoms with Crippen LogP contribution in [0.5, 0.6) is 0 Å². The number of piperidine rings is 1. The molecule has 3 unspecified atom stereocenters. The second-order valence-electron chi connectivity index (χ2n) is 6.16. The van der Waals surface area contributed by atoms with Gasteiger partial charge in [0, 0.05) is 26.2 Å². The molecule has 102 valence electrons. The van der Waals surface area contributed by atoms with E-state index >= 15 is 0 Å². The third-order valence-corrected chi connectivity index (χ3v) is 5.00. The summed E-state index contributed by atoms with van der Waals surface area (Å²) in [4.78, 5) is 16.5. The number of rotatable bonds is 2. The standard InChI is InChI=1S/C14H25N3O/c1-16-9-6-13(14(16)18)17-8-3-4-11(10-17)12-5-2-7-15-12/h11-13,15H,2-10H2,1H3. The molecule has 3 aliphatic heterocycles. The van der Waals surface area contributed by atoms with Gasteiger partial charge in [-0.05, 0) is 51.1 Å². The van der Waals surface area contributed by atoms with Crippen molar-refractivity contribution in [1.82, 2.24) is 15.1 Å². The zero-order valence-corrected chi connectivity index (χ0v) is 11.4. The molecule has 0 aliphatic carbocycles. The van der Waals surface area contributed by atoms with E-state index in [9.17, 15) is 4.79 Å². The van der Waals surface area contributed by atoms with Gasteiger partial charge in [0.2, 0.25) is 5.91 Å². The number of hydrogen-bond donors (Lipinski definition) is 1. The minimum atomic E-state index is 0.180. The highest BCUT2D eigenvalue weighted by Gasteiger charge is 2.38. The molecule has 0 spiro atoms. The second-order valence-corrected chi connectivity index (χ2v) is 6.16. The first kappa shape index (κ1) is 12.4. The van der Waals surface area contributed by atoms with Crippen LogP contribution >= 0.6 is 0 Å². The van der Waals surface area contributed by atoms with Gasteiger partial charge in [0.15, 0.2) is 0 Å². The lowest BCUT2D eigenvalue weighted by Gasteiger charge is -2.38. The summed E-state index contributed by atoms with van der Waals surface area (Å²) in [5, 5.41) is 3.64. The Morgan fingerprint density at radius 2 is 2.06 bits per heavy atom. The molecule has 3 aliphatic rings. The highest BCUT2D eigenvalue weighted by atomic mass is 16.2. The first-order chi connectivity index (χ1) is 8.75. The van der Waals surface area contributed by atoms with Crippen LogP contribution in [0.15, 0.2) is 0 Å². The molecule has 3 heterocycles. The van der Waals surface area contributed by atoms with Crippen molar-refractivity contribution in [2.24, 2.45) is 5.92 Å². The van der Waals surface area contributed by atoms with Crippen LogP contribution in [0.4, 0.5) is 0 Å². The number of carbonyl (C=O) groups excluding carboxylic acids is 1. The maximum absolute atomic E-state index is 12.1. The fraction of sp³-hybridized carbons (Fsp3) is 0.929. The van der Waals surface area contributed by atoms with E-state index in [2.05, 4.69) is 10.2 Å². The molecule has 0 aromatic rings. The summed E-state index contributed by atoms with van der Waals surface area (Å²) in [6, 6.07) is 0.890. The van der Waals surface area contributed by atoms with Crippen molar-refractivity contribution in [3.8, 4) is 0 Å². The molecule has 3 rings (SSSR count). The van der Waals surface area contributed by atoms with Crippen molar-refractivity contribution < 1.29 is 4.79 Å². The topological polar surface area (TPSA) is 35.6 Å². The highest BCUT2D eigenvalue weighted by Crippen LogP contribution is 2.28. The summed E-state index contributed by atoms with van der Waals surface area (Å²) in [5.74, 6) is 1.11. The number of nitrogens with zero attached hydrogens (tertiary/aromatic N) is 2. The minimum Gasteiger partial charge on any atom is -0.344 e. The minimum absolute atomic E-state index is 0.180. The number of nitrogens with one attached hydrogen (secondary N) is 1. The Morgan fingerprint density at radius 3 is 2.72 bits per heavy atom. The number of amides is 1. The van der Waals surface area contributed by atoms with Crippen LogP contribution in [-0.2, 0) is 4.79 Å². The molecule has 0 aromatic heterocycles. The molecule has 4 nitrogen and oxygen atoms in total. The molecule has 3 saturated heterocycles. The van der Waals surface area contributed by atoms with Gasteiger partial charge in [-0.1, -0.05) is 0 Å². The summed E-state index contributed by atoms with van der Waals surface area (Å²) in [5.41, 5.74) is 0. The van der Waals surface area contributed by atoms with Gasteiger partial charge < -0.3 is 10.2 Å². The van der Waals surface area contributed by atoms with Gasteiger partial charge in [0.05, 0.1) is 6.04 Å². The van der Waals surface area contributed by atoms with Gasteiger partial charge in [0.25, 0.3) is 0 Å². The van der Waals surface area contributed by atoms with Crippen LogP contribution in [0.2, 0.25) is 0 Å². The molecule has 3 fully saturated rings. The fourth-order valence-corrected chi connectivity index (χ4v) is 3.91. The molecule has 0 bridgehead atoms. The van der Waals surface area contributed by atoms with Crippen molar-refractivity contribution in [3.63, 3.8) is 0 Å². The zero-order chi connectivity index (χ0) is 12.5. The van der Waals surface area contributed by atoms with Crippen LogP contribution < -0.4 is 5.32 Å². The Morgan fingerprint density at radius 1 is 1.17 bits per heavy atom. The fourth-order valence-electron chi connectivity index (χ4n) is 3.91. The molecule has 18 heavy (non-hydrogen) atoms. The van der Waals surface area contributed by atoms with E-state index in [1.807, 2.05) is 11.9 Å². The molecule has 0 radical (unpaired) electrons. The maximum Gasteiger partial charge on any atom is 0.239 e. The van der Waals surface area contributed by atoms with Gasteiger partial charge >= 0.3 is 0 Å². The Balaban J connectivity index is 1.61. The lowest BCUT2D eigenvalue weighted by Crippen LogP contribution is -2.49. The monoisotopic (exact) mass is 251 g/mol. The predicted octanol–water partition coefficient (Wildman–Crippen LogP) is 0.681. The molecule has 0 saturated carbocycles. The summed E-state index contributed by atoms with van der Waals surface area (Å²) in [6.07, 6.45) is 6.28. The lowest BCUT2D eigenvalue weighted by atomic mass is 9.89. The lowest BCUT2D eigenvalue weighted by molar-refractivity contribution is -0.131. The molecule has 3 atom stereocenters. The van der Waals surface area contributed by atoms with Crippen LogP contribution in [0.25, 0.3) is 0 Å². The third kappa shape index (κ3) is 2.28. The normalized spacial score (nSPS) is 38.6. The van der Waals surface area contributed by atoms with Crippen molar-refractivity contribution in [2.75, 3.05) is 33.2 Å². The highest BCUT2D eigenvalue weighted by molar-refractivity contribution is 5.83. The van der Waals surface area contributed by atoms with Crippen LogP contribution in [0.3, 0.4) is 0 Å². The third-order valence-electron chi connectivity index (χ3n) is 5.00. The van der Waals surface area contributed by atoms with Gasteiger partial charge in [0.1, 0.15) is 0 Å². The van der Waals surface area contributed by atoms with Gasteiger partial charge in [-0.2, -0.15) is 0 Å². The van der Waals surface area contributed by atoms with Crippen molar-refractivity contribution in [2.45, 2.75) is 44.2 Å². The summed E-state index contributed by atoms with van der Waals surface area (Å²) >= 11 is 0. The molecule has 0 aromatic carbocycles. The zero-order valence-electron chi connectivity index (χ0n) is 11.4. The largest absolute Gasteiger partial charge is 0.344 e. The van der Waals surface area contributed by atoms with E-state index < -0.39 is 0 Å². The predicted molar refractivity (Wildman–Crippen MR) is 71.4 cm³/mol. The van der Waals surface area contributed by atoms with Crippen LogP contribution in [0.1, 0.15) is 32.1 Å². The Kier molecular flexibility index (Phi) is 3.57. The molecule has 1 N–H and O–H groups in total. The average Bonchev–Trinajstić information content (AvgIpc) is 3.02. The first-order valence-electron chi connectivity index (χ1n) is 7.48. The Hall–Kier alpha value is -0.610. The van der Waals surface area contributed by atoms with Gasteiger partial charge in [-0.25, -0.2) is 0 Å². The smallest absolute Gasteiger partial charge is 0.239 e. The molecular formula is C14H25N3O. The summed E-state index contributed by atoms with van der Waals surface area (Å²) in [7, 11) is 1.93. The van der Waals surface area contributed by atoms with Gasteiger partial charge in [-0.3, -0.25) is 9.69 Å². The Bertz CT molecular complexity index is 314. The second kappa shape index (κ2) is 5.17.